The largest absolute Gasteiger partial charge is 0.103 e. The average molecular weight is 213 g/mol. The molecule has 0 fully saturated rings. The highest BCUT2D eigenvalue weighted by Crippen LogP contribution is 2.15. The summed E-state index contributed by atoms with van der Waals surface area (Å²) in [5.74, 6) is 0.762. The van der Waals surface area contributed by atoms with Gasteiger partial charge >= 0.3 is 0 Å². The molecule has 0 aliphatic heterocycles. The Morgan fingerprint density at radius 1 is 1.43 bits per heavy atom. The van der Waals surface area contributed by atoms with Gasteiger partial charge in [-0.2, -0.15) is 0 Å². The molecule has 0 radical (unpaired) electrons. The molecular weight excluding hydrogens is 192 g/mol. The standard InChI is InChI=1S/C13H21Cl/c1-5-7-13(14)9-8-12(4)10-11(3)6-2/h5,8-9,11H,1,6-7,10H2,2-4H3. The van der Waals surface area contributed by atoms with Crippen LogP contribution >= 0.6 is 11.6 Å². The molecule has 1 unspecified atom stereocenters. The van der Waals surface area contributed by atoms with Crippen LogP contribution in [0.1, 0.15) is 40.0 Å². The topological polar surface area (TPSA) is 0 Å². The van der Waals surface area contributed by atoms with E-state index >= 15 is 0 Å². The number of halogens is 1. The number of allylic oxidation sites excluding steroid dienone is 5. The molecule has 1 atom stereocenters. The maximum Gasteiger partial charge on any atom is 0.0218 e. The summed E-state index contributed by atoms with van der Waals surface area (Å²) < 4.78 is 0. The van der Waals surface area contributed by atoms with Crippen molar-refractivity contribution < 1.29 is 0 Å². The van der Waals surface area contributed by atoms with Gasteiger partial charge in [-0.1, -0.05) is 49.6 Å². The number of hydrogen-bond acceptors (Lipinski definition) is 0. The fourth-order valence-corrected chi connectivity index (χ4v) is 1.37. The molecule has 80 valence electrons. The van der Waals surface area contributed by atoms with Gasteiger partial charge in [-0.25, -0.2) is 0 Å². The molecule has 0 rings (SSSR count). The van der Waals surface area contributed by atoms with Crippen LogP contribution in [0.5, 0.6) is 0 Å². The lowest BCUT2D eigenvalue weighted by Crippen LogP contribution is -1.92. The first kappa shape index (κ1) is 13.5. The summed E-state index contributed by atoms with van der Waals surface area (Å²) in [7, 11) is 0. The number of hydrogen-bond donors (Lipinski definition) is 0. The molecule has 0 aliphatic rings. The molecule has 1 heteroatoms. The van der Waals surface area contributed by atoms with Crippen LogP contribution in [0.3, 0.4) is 0 Å². The van der Waals surface area contributed by atoms with Crippen molar-refractivity contribution in [2.75, 3.05) is 0 Å². The quantitative estimate of drug-likeness (QED) is 0.426. The summed E-state index contributed by atoms with van der Waals surface area (Å²) in [5, 5.41) is 0.850. The van der Waals surface area contributed by atoms with E-state index in [1.165, 1.54) is 12.0 Å². The van der Waals surface area contributed by atoms with E-state index in [4.69, 9.17) is 11.6 Å². The second-order valence-electron chi connectivity index (χ2n) is 3.84. The summed E-state index contributed by atoms with van der Waals surface area (Å²) in [6.45, 7) is 10.3. The molecule has 0 aliphatic carbocycles. The Hall–Kier alpha value is -0.490. The van der Waals surface area contributed by atoms with Gasteiger partial charge in [-0.3, -0.25) is 0 Å². The van der Waals surface area contributed by atoms with Crippen LogP contribution in [-0.2, 0) is 0 Å². The first-order valence-corrected chi connectivity index (χ1v) is 5.60. The Bertz CT molecular complexity index is 223. The Morgan fingerprint density at radius 3 is 2.57 bits per heavy atom. The van der Waals surface area contributed by atoms with Gasteiger partial charge in [-0.15, -0.1) is 6.58 Å². The first-order valence-electron chi connectivity index (χ1n) is 5.22. The van der Waals surface area contributed by atoms with E-state index in [1.807, 2.05) is 12.2 Å². The zero-order valence-electron chi connectivity index (χ0n) is 9.52. The van der Waals surface area contributed by atoms with Crippen molar-refractivity contribution in [3.63, 3.8) is 0 Å². The fraction of sp³-hybridized carbons (Fsp3) is 0.538. The molecular formula is C13H21Cl. The van der Waals surface area contributed by atoms with E-state index in [-0.39, 0.29) is 0 Å². The minimum Gasteiger partial charge on any atom is -0.103 e. The monoisotopic (exact) mass is 212 g/mol. The van der Waals surface area contributed by atoms with E-state index in [9.17, 15) is 0 Å². The van der Waals surface area contributed by atoms with Crippen LogP contribution in [0, 0.1) is 5.92 Å². The lowest BCUT2D eigenvalue weighted by atomic mass is 10.00. The predicted octanol–water partition coefficient (Wildman–Crippen LogP) is 5.07. The summed E-state index contributed by atoms with van der Waals surface area (Å²) in [5.41, 5.74) is 1.39. The van der Waals surface area contributed by atoms with Crippen LogP contribution in [-0.4, -0.2) is 0 Å². The van der Waals surface area contributed by atoms with Gasteiger partial charge in [0.1, 0.15) is 0 Å². The number of rotatable bonds is 6. The molecule has 0 amide bonds. The van der Waals surface area contributed by atoms with E-state index in [1.54, 1.807) is 0 Å². The zero-order chi connectivity index (χ0) is 11.0. The van der Waals surface area contributed by atoms with Gasteiger partial charge in [0.25, 0.3) is 0 Å². The Labute approximate surface area is 93.4 Å². The maximum absolute atomic E-state index is 5.94. The smallest absolute Gasteiger partial charge is 0.0218 e. The third kappa shape index (κ3) is 6.97. The van der Waals surface area contributed by atoms with Gasteiger partial charge in [-0.05, 0) is 25.3 Å². The SMILES string of the molecule is C=CCC(Cl)=CC=C(C)CC(C)CC. The van der Waals surface area contributed by atoms with Crippen molar-refractivity contribution in [3.05, 3.63) is 35.4 Å². The summed E-state index contributed by atoms with van der Waals surface area (Å²) in [6.07, 6.45) is 9.05. The van der Waals surface area contributed by atoms with Crippen molar-refractivity contribution in [1.82, 2.24) is 0 Å². The average Bonchev–Trinajstić information content (AvgIpc) is 2.15. The van der Waals surface area contributed by atoms with Crippen LogP contribution in [0.25, 0.3) is 0 Å². The van der Waals surface area contributed by atoms with E-state index in [0.29, 0.717) is 0 Å². The molecule has 0 bridgehead atoms. The first-order chi connectivity index (χ1) is 6.60. The molecule has 0 nitrogen and oxygen atoms in total. The summed E-state index contributed by atoms with van der Waals surface area (Å²) in [4.78, 5) is 0. The Balaban J connectivity index is 4.09. The van der Waals surface area contributed by atoms with Crippen molar-refractivity contribution in [1.29, 1.82) is 0 Å². The molecule has 0 spiro atoms. The Kier molecular flexibility index (Phi) is 7.60. The van der Waals surface area contributed by atoms with Crippen molar-refractivity contribution in [3.8, 4) is 0 Å². The second-order valence-corrected chi connectivity index (χ2v) is 4.32. The van der Waals surface area contributed by atoms with Gasteiger partial charge in [0, 0.05) is 11.5 Å². The third-order valence-corrected chi connectivity index (χ3v) is 2.54. The van der Waals surface area contributed by atoms with Gasteiger partial charge in [0.15, 0.2) is 0 Å². The molecule has 0 saturated heterocycles. The normalized spacial score (nSPS) is 15.4. The van der Waals surface area contributed by atoms with Gasteiger partial charge in [0.2, 0.25) is 0 Å². The van der Waals surface area contributed by atoms with E-state index < -0.39 is 0 Å². The van der Waals surface area contributed by atoms with Gasteiger partial charge in [0.05, 0.1) is 0 Å². The highest BCUT2D eigenvalue weighted by atomic mass is 35.5. The van der Waals surface area contributed by atoms with Crippen LogP contribution in [0.4, 0.5) is 0 Å². The van der Waals surface area contributed by atoms with Crippen LogP contribution < -0.4 is 0 Å². The minimum atomic E-state index is 0.759. The van der Waals surface area contributed by atoms with Gasteiger partial charge < -0.3 is 0 Å². The lowest BCUT2D eigenvalue weighted by molar-refractivity contribution is 0.557. The zero-order valence-corrected chi connectivity index (χ0v) is 10.3. The van der Waals surface area contributed by atoms with Crippen LogP contribution in [0.2, 0.25) is 0 Å². The molecule has 0 aromatic heterocycles. The minimum absolute atomic E-state index is 0.759. The maximum atomic E-state index is 5.94. The molecule has 0 saturated carbocycles. The highest BCUT2D eigenvalue weighted by Gasteiger charge is 1.98. The van der Waals surface area contributed by atoms with Crippen molar-refractivity contribution in [2.24, 2.45) is 5.92 Å². The predicted molar refractivity (Wildman–Crippen MR) is 66.6 cm³/mol. The van der Waals surface area contributed by atoms with Crippen molar-refractivity contribution >= 4 is 11.6 Å². The summed E-state index contributed by atoms with van der Waals surface area (Å²) in [6, 6.07) is 0. The second kappa shape index (κ2) is 7.87. The van der Waals surface area contributed by atoms with Crippen LogP contribution in [0.15, 0.2) is 35.4 Å². The lowest BCUT2D eigenvalue weighted by Gasteiger charge is -2.07. The molecule has 0 aromatic carbocycles. The van der Waals surface area contributed by atoms with E-state index in [0.717, 1.165) is 23.8 Å². The molecule has 0 N–H and O–H groups in total. The van der Waals surface area contributed by atoms with Crippen molar-refractivity contribution in [2.45, 2.75) is 40.0 Å². The fourth-order valence-electron chi connectivity index (χ4n) is 1.20. The summed E-state index contributed by atoms with van der Waals surface area (Å²) >= 11 is 5.94. The highest BCUT2D eigenvalue weighted by molar-refractivity contribution is 6.29. The van der Waals surface area contributed by atoms with E-state index in [2.05, 4.69) is 33.4 Å². The Morgan fingerprint density at radius 2 is 2.07 bits per heavy atom. The third-order valence-electron chi connectivity index (χ3n) is 2.26. The molecule has 0 heterocycles. The molecule has 14 heavy (non-hydrogen) atoms. The molecule has 0 aromatic rings.